The van der Waals surface area contributed by atoms with Crippen LogP contribution in [0.25, 0.3) is 0 Å². The molecule has 1 atom stereocenters. The number of alkyl carbamates (subject to hydrolysis) is 1. The summed E-state index contributed by atoms with van der Waals surface area (Å²) in [7, 11) is 3.14. The summed E-state index contributed by atoms with van der Waals surface area (Å²) in [5.41, 5.74) is 1.77. The molecule has 32 heavy (non-hydrogen) atoms. The van der Waals surface area contributed by atoms with E-state index in [9.17, 15) is 14.4 Å². The Balaban J connectivity index is 1.89. The highest BCUT2D eigenvalue weighted by Crippen LogP contribution is 2.17. The largest absolute Gasteiger partial charge is 0.497 e. The molecule has 10 heteroatoms. The van der Waals surface area contributed by atoms with E-state index in [4.69, 9.17) is 19.3 Å². The molecule has 0 heterocycles. The molecule has 0 spiro atoms. The SMILES string of the molecule is COc1ccc(COC(=O)N[C@@H](CSCc2ccc(OC)cc2)C(=O)NCC(=O)O)cc1. The normalized spacial score (nSPS) is 11.2. The number of benzene rings is 2. The summed E-state index contributed by atoms with van der Waals surface area (Å²) >= 11 is 1.42. The molecule has 0 aliphatic heterocycles. The number of nitrogens with one attached hydrogen (secondary N) is 2. The summed E-state index contributed by atoms with van der Waals surface area (Å²) < 4.78 is 15.4. The minimum atomic E-state index is -1.18. The van der Waals surface area contributed by atoms with Crippen molar-refractivity contribution >= 4 is 29.7 Å². The summed E-state index contributed by atoms with van der Waals surface area (Å²) in [5, 5.41) is 13.6. The molecule has 0 saturated heterocycles. The molecular formula is C22H26N2O7S. The third-order valence-corrected chi connectivity index (χ3v) is 5.37. The highest BCUT2D eigenvalue weighted by Gasteiger charge is 2.22. The number of hydrogen-bond donors (Lipinski definition) is 3. The molecule has 2 aromatic rings. The first-order chi connectivity index (χ1) is 15.4. The lowest BCUT2D eigenvalue weighted by Gasteiger charge is -2.18. The molecule has 2 amide bonds. The Hall–Kier alpha value is -3.40. The van der Waals surface area contributed by atoms with E-state index in [1.165, 1.54) is 11.8 Å². The van der Waals surface area contributed by atoms with Gasteiger partial charge in [-0.2, -0.15) is 11.8 Å². The summed E-state index contributed by atoms with van der Waals surface area (Å²) in [4.78, 5) is 35.3. The van der Waals surface area contributed by atoms with E-state index in [1.807, 2.05) is 24.3 Å². The molecule has 0 bridgehead atoms. The first-order valence-corrected chi connectivity index (χ1v) is 10.8. The van der Waals surface area contributed by atoms with E-state index < -0.39 is 30.6 Å². The fourth-order valence-electron chi connectivity index (χ4n) is 2.54. The highest BCUT2D eigenvalue weighted by molar-refractivity contribution is 7.98. The average molecular weight is 463 g/mol. The number of aliphatic carboxylic acids is 1. The van der Waals surface area contributed by atoms with Gasteiger partial charge in [0.25, 0.3) is 0 Å². The second-order valence-corrected chi connectivity index (χ2v) is 7.63. The predicted molar refractivity (Wildman–Crippen MR) is 120 cm³/mol. The molecular weight excluding hydrogens is 436 g/mol. The van der Waals surface area contributed by atoms with Crippen LogP contribution in [0.1, 0.15) is 11.1 Å². The number of methoxy groups -OCH3 is 2. The Bertz CT molecular complexity index is 888. The fraction of sp³-hybridized carbons (Fsp3) is 0.318. The molecule has 0 unspecified atom stereocenters. The number of ether oxygens (including phenoxy) is 3. The molecule has 0 radical (unpaired) electrons. The van der Waals surface area contributed by atoms with E-state index in [0.717, 1.165) is 16.9 Å². The minimum Gasteiger partial charge on any atom is -0.497 e. The first kappa shape index (κ1) is 24.9. The number of carbonyl (C=O) groups is 3. The van der Waals surface area contributed by atoms with Gasteiger partial charge < -0.3 is 30.0 Å². The van der Waals surface area contributed by atoms with Gasteiger partial charge in [-0.25, -0.2) is 4.79 Å². The van der Waals surface area contributed by atoms with Crippen LogP contribution in [0.4, 0.5) is 4.79 Å². The van der Waals surface area contributed by atoms with Crippen molar-refractivity contribution in [2.75, 3.05) is 26.5 Å². The zero-order valence-corrected chi connectivity index (χ0v) is 18.6. The van der Waals surface area contributed by atoms with Gasteiger partial charge in [0.15, 0.2) is 0 Å². The Morgan fingerprint density at radius 3 is 2.03 bits per heavy atom. The van der Waals surface area contributed by atoms with Crippen molar-refractivity contribution in [2.45, 2.75) is 18.4 Å². The minimum absolute atomic E-state index is 0.0122. The standard InChI is InChI=1S/C22H26N2O7S/c1-29-17-7-3-15(4-8-17)12-31-22(28)24-19(21(27)23-11-20(25)26)14-32-13-16-5-9-18(30-2)10-6-16/h3-10,19H,11-14H2,1-2H3,(H,23,27)(H,24,28)(H,25,26)/t19-/m0/s1. The summed E-state index contributed by atoms with van der Waals surface area (Å²) in [6.45, 7) is -0.528. The van der Waals surface area contributed by atoms with Crippen molar-refractivity contribution in [2.24, 2.45) is 0 Å². The van der Waals surface area contributed by atoms with Crippen LogP contribution in [0.3, 0.4) is 0 Å². The second-order valence-electron chi connectivity index (χ2n) is 6.60. The zero-order chi connectivity index (χ0) is 23.3. The van der Waals surface area contributed by atoms with Gasteiger partial charge in [0.1, 0.15) is 30.7 Å². The number of amides is 2. The van der Waals surface area contributed by atoms with Gasteiger partial charge in [-0.05, 0) is 35.4 Å². The van der Waals surface area contributed by atoms with Gasteiger partial charge in [0.05, 0.1) is 14.2 Å². The van der Waals surface area contributed by atoms with E-state index in [-0.39, 0.29) is 12.4 Å². The van der Waals surface area contributed by atoms with Crippen molar-refractivity contribution in [3.8, 4) is 11.5 Å². The van der Waals surface area contributed by atoms with Crippen molar-refractivity contribution in [3.05, 3.63) is 59.7 Å². The summed E-state index contributed by atoms with van der Waals surface area (Å²) in [6, 6.07) is 13.5. The van der Waals surface area contributed by atoms with Crippen LogP contribution in [-0.4, -0.2) is 55.6 Å². The number of hydrogen-bond acceptors (Lipinski definition) is 7. The van der Waals surface area contributed by atoms with Gasteiger partial charge in [-0.3, -0.25) is 9.59 Å². The molecule has 2 aromatic carbocycles. The molecule has 0 aliphatic carbocycles. The van der Waals surface area contributed by atoms with Gasteiger partial charge in [-0.1, -0.05) is 24.3 Å². The quantitative estimate of drug-likeness (QED) is 0.440. The van der Waals surface area contributed by atoms with Crippen LogP contribution < -0.4 is 20.1 Å². The number of carboxylic acids is 1. The monoisotopic (exact) mass is 462 g/mol. The van der Waals surface area contributed by atoms with Crippen LogP contribution in [-0.2, 0) is 26.7 Å². The van der Waals surface area contributed by atoms with Crippen LogP contribution in [0.2, 0.25) is 0 Å². The smallest absolute Gasteiger partial charge is 0.408 e. The lowest BCUT2D eigenvalue weighted by Crippen LogP contribution is -2.49. The van der Waals surface area contributed by atoms with Crippen molar-refractivity contribution < 1.29 is 33.7 Å². The Kier molecular flexibility index (Phi) is 10.2. The highest BCUT2D eigenvalue weighted by atomic mass is 32.2. The van der Waals surface area contributed by atoms with Crippen LogP contribution in [0.5, 0.6) is 11.5 Å². The molecule has 3 N–H and O–H groups in total. The Morgan fingerprint density at radius 2 is 1.50 bits per heavy atom. The topological polar surface area (TPSA) is 123 Å². The number of carboxylic acid groups (broad SMARTS) is 1. The predicted octanol–water partition coefficient (Wildman–Crippen LogP) is 2.43. The van der Waals surface area contributed by atoms with Crippen molar-refractivity contribution in [3.63, 3.8) is 0 Å². The number of rotatable bonds is 12. The van der Waals surface area contributed by atoms with Gasteiger partial charge in [0.2, 0.25) is 5.91 Å². The Morgan fingerprint density at radius 1 is 0.938 bits per heavy atom. The van der Waals surface area contributed by atoms with Crippen LogP contribution >= 0.6 is 11.8 Å². The van der Waals surface area contributed by atoms with Gasteiger partial charge in [-0.15, -0.1) is 0 Å². The Labute approximate surface area is 190 Å². The lowest BCUT2D eigenvalue weighted by atomic mass is 10.2. The molecule has 0 saturated carbocycles. The van der Waals surface area contributed by atoms with E-state index >= 15 is 0 Å². The molecule has 0 fully saturated rings. The van der Waals surface area contributed by atoms with E-state index in [0.29, 0.717) is 11.5 Å². The van der Waals surface area contributed by atoms with Gasteiger partial charge in [0, 0.05) is 11.5 Å². The van der Waals surface area contributed by atoms with Crippen LogP contribution in [0, 0.1) is 0 Å². The summed E-state index contributed by atoms with van der Waals surface area (Å²) in [5.74, 6) is 0.471. The maximum absolute atomic E-state index is 12.4. The third-order valence-electron chi connectivity index (χ3n) is 4.26. The molecule has 0 aliphatic rings. The third kappa shape index (κ3) is 8.76. The summed E-state index contributed by atoms with van der Waals surface area (Å²) in [6.07, 6.45) is -0.777. The fourth-order valence-corrected chi connectivity index (χ4v) is 3.56. The van der Waals surface area contributed by atoms with E-state index in [1.54, 1.807) is 38.5 Å². The molecule has 0 aromatic heterocycles. The maximum Gasteiger partial charge on any atom is 0.408 e. The molecule has 172 valence electrons. The average Bonchev–Trinajstić information content (AvgIpc) is 2.81. The molecule has 9 nitrogen and oxygen atoms in total. The number of carbonyl (C=O) groups excluding carboxylic acids is 2. The van der Waals surface area contributed by atoms with Crippen molar-refractivity contribution in [1.82, 2.24) is 10.6 Å². The lowest BCUT2D eigenvalue weighted by molar-refractivity contribution is -0.138. The number of thioether (sulfide) groups is 1. The van der Waals surface area contributed by atoms with E-state index in [2.05, 4.69) is 10.6 Å². The zero-order valence-electron chi connectivity index (χ0n) is 17.8. The van der Waals surface area contributed by atoms with Crippen molar-refractivity contribution in [1.29, 1.82) is 0 Å². The van der Waals surface area contributed by atoms with Gasteiger partial charge >= 0.3 is 12.1 Å². The first-order valence-electron chi connectivity index (χ1n) is 9.67. The second kappa shape index (κ2) is 13.1. The maximum atomic E-state index is 12.4. The molecule has 2 rings (SSSR count). The van der Waals surface area contributed by atoms with Crippen LogP contribution in [0.15, 0.2) is 48.5 Å².